The van der Waals surface area contributed by atoms with Crippen molar-refractivity contribution in [3.05, 3.63) is 48.3 Å². The van der Waals surface area contributed by atoms with Gasteiger partial charge < -0.3 is 10.7 Å². The molecule has 0 aliphatic carbocycles. The summed E-state index contributed by atoms with van der Waals surface area (Å²) in [5.41, 5.74) is 6.85. The molecule has 5 heteroatoms. The number of aromatic amines is 1. The minimum Gasteiger partial charge on any atom is -0.331 e. The second-order valence-electron chi connectivity index (χ2n) is 3.72. The Labute approximate surface area is 99.1 Å². The summed E-state index contributed by atoms with van der Waals surface area (Å²) in [6, 6.07) is 9.08. The number of rotatable bonds is 4. The maximum Gasteiger partial charge on any atom is 0.243 e. The molecule has 2 rings (SSSR count). The molecule has 0 spiro atoms. The van der Waals surface area contributed by atoms with Crippen molar-refractivity contribution in [2.24, 2.45) is 5.73 Å². The number of hydrogen-bond donors (Lipinski definition) is 3. The summed E-state index contributed by atoms with van der Waals surface area (Å²) in [5.74, 6) is 0.169. The number of amides is 1. The molecule has 17 heavy (non-hydrogen) atoms. The third-order valence-corrected chi connectivity index (χ3v) is 2.38. The normalized spacial score (nSPS) is 12.1. The van der Waals surface area contributed by atoms with Gasteiger partial charge in [-0.2, -0.15) is 0 Å². The van der Waals surface area contributed by atoms with Crippen molar-refractivity contribution in [2.45, 2.75) is 12.5 Å². The predicted molar refractivity (Wildman–Crippen MR) is 65.3 cm³/mol. The first-order chi connectivity index (χ1) is 8.25. The minimum absolute atomic E-state index is 0.246. The highest BCUT2D eigenvalue weighted by atomic mass is 16.2. The zero-order valence-corrected chi connectivity index (χ0v) is 9.26. The van der Waals surface area contributed by atoms with E-state index in [1.807, 2.05) is 30.3 Å². The SMILES string of the molecule is N[C@@H](Cc1ccccc1)C(=O)Nc1ncc[nH]1. The Kier molecular flexibility index (Phi) is 3.52. The van der Waals surface area contributed by atoms with Crippen LogP contribution in [0.25, 0.3) is 0 Å². The van der Waals surface area contributed by atoms with Gasteiger partial charge >= 0.3 is 0 Å². The zero-order chi connectivity index (χ0) is 12.1. The van der Waals surface area contributed by atoms with Crippen LogP contribution >= 0.6 is 0 Å². The number of imidazole rings is 1. The summed E-state index contributed by atoms with van der Waals surface area (Å²) < 4.78 is 0. The number of aromatic nitrogens is 2. The smallest absolute Gasteiger partial charge is 0.243 e. The van der Waals surface area contributed by atoms with E-state index in [4.69, 9.17) is 5.73 Å². The highest BCUT2D eigenvalue weighted by molar-refractivity contribution is 5.93. The van der Waals surface area contributed by atoms with Crippen LogP contribution in [0.2, 0.25) is 0 Å². The van der Waals surface area contributed by atoms with Gasteiger partial charge in [-0.1, -0.05) is 30.3 Å². The molecule has 0 saturated carbocycles. The lowest BCUT2D eigenvalue weighted by Crippen LogP contribution is -2.37. The molecule has 5 nitrogen and oxygen atoms in total. The van der Waals surface area contributed by atoms with Gasteiger partial charge in [0, 0.05) is 12.4 Å². The molecule has 1 aromatic carbocycles. The summed E-state index contributed by atoms with van der Waals surface area (Å²) in [5, 5.41) is 2.61. The fourth-order valence-corrected chi connectivity index (χ4v) is 1.50. The third kappa shape index (κ3) is 3.15. The lowest BCUT2D eigenvalue weighted by Gasteiger charge is -2.10. The van der Waals surface area contributed by atoms with Crippen molar-refractivity contribution in [1.29, 1.82) is 0 Å². The van der Waals surface area contributed by atoms with Crippen LogP contribution in [0.3, 0.4) is 0 Å². The standard InChI is InChI=1S/C12H14N4O/c13-10(8-9-4-2-1-3-5-9)11(17)16-12-14-6-7-15-12/h1-7,10H,8,13H2,(H2,14,15,16,17)/t10-/m0/s1. The lowest BCUT2D eigenvalue weighted by molar-refractivity contribution is -0.117. The van der Waals surface area contributed by atoms with Gasteiger partial charge in [-0.3, -0.25) is 10.1 Å². The van der Waals surface area contributed by atoms with Crippen LogP contribution < -0.4 is 11.1 Å². The Balaban J connectivity index is 1.92. The molecular formula is C12H14N4O. The maximum absolute atomic E-state index is 11.7. The van der Waals surface area contributed by atoms with E-state index in [9.17, 15) is 4.79 Å². The topological polar surface area (TPSA) is 83.8 Å². The van der Waals surface area contributed by atoms with Gasteiger partial charge in [0.1, 0.15) is 0 Å². The largest absolute Gasteiger partial charge is 0.331 e. The van der Waals surface area contributed by atoms with E-state index in [2.05, 4.69) is 15.3 Å². The fourth-order valence-electron chi connectivity index (χ4n) is 1.50. The number of H-pyrrole nitrogens is 1. The molecule has 2 aromatic rings. The van der Waals surface area contributed by atoms with Gasteiger partial charge in [0.2, 0.25) is 11.9 Å². The van der Waals surface area contributed by atoms with Crippen LogP contribution in [0.1, 0.15) is 5.56 Å². The first-order valence-corrected chi connectivity index (χ1v) is 5.35. The highest BCUT2D eigenvalue weighted by Crippen LogP contribution is 2.03. The number of nitrogens with one attached hydrogen (secondary N) is 2. The Morgan fingerprint density at radius 2 is 2.18 bits per heavy atom. The van der Waals surface area contributed by atoms with Gasteiger partial charge in [-0.25, -0.2) is 4.98 Å². The van der Waals surface area contributed by atoms with Crippen molar-refractivity contribution in [1.82, 2.24) is 9.97 Å². The van der Waals surface area contributed by atoms with E-state index >= 15 is 0 Å². The number of anilines is 1. The molecule has 0 fully saturated rings. The molecule has 0 radical (unpaired) electrons. The quantitative estimate of drug-likeness (QED) is 0.730. The van der Waals surface area contributed by atoms with Crippen LogP contribution in [0.4, 0.5) is 5.95 Å². The number of nitrogens with two attached hydrogens (primary N) is 1. The number of carbonyl (C=O) groups is 1. The van der Waals surface area contributed by atoms with Crippen LogP contribution in [-0.4, -0.2) is 21.9 Å². The summed E-state index contributed by atoms with van der Waals surface area (Å²) in [6.45, 7) is 0. The number of hydrogen-bond acceptors (Lipinski definition) is 3. The Bertz CT molecular complexity index is 467. The van der Waals surface area contributed by atoms with E-state index in [0.717, 1.165) is 5.56 Å². The van der Waals surface area contributed by atoms with E-state index < -0.39 is 6.04 Å². The maximum atomic E-state index is 11.7. The first-order valence-electron chi connectivity index (χ1n) is 5.35. The minimum atomic E-state index is -0.581. The Morgan fingerprint density at radius 1 is 1.41 bits per heavy atom. The summed E-state index contributed by atoms with van der Waals surface area (Å²) in [4.78, 5) is 18.4. The molecule has 0 unspecified atom stereocenters. The van der Waals surface area contributed by atoms with Gasteiger partial charge in [-0.05, 0) is 12.0 Å². The van der Waals surface area contributed by atoms with E-state index in [-0.39, 0.29) is 5.91 Å². The van der Waals surface area contributed by atoms with Crippen molar-refractivity contribution >= 4 is 11.9 Å². The van der Waals surface area contributed by atoms with Crippen molar-refractivity contribution in [3.8, 4) is 0 Å². The number of nitrogens with zero attached hydrogens (tertiary/aromatic N) is 1. The molecule has 0 aliphatic rings. The zero-order valence-electron chi connectivity index (χ0n) is 9.26. The van der Waals surface area contributed by atoms with E-state index in [1.54, 1.807) is 12.4 Å². The Hall–Kier alpha value is -2.14. The second-order valence-corrected chi connectivity index (χ2v) is 3.72. The molecule has 88 valence electrons. The van der Waals surface area contributed by atoms with Crippen molar-refractivity contribution in [2.75, 3.05) is 5.32 Å². The third-order valence-electron chi connectivity index (χ3n) is 2.38. The second kappa shape index (κ2) is 5.27. The van der Waals surface area contributed by atoms with Crippen LogP contribution in [-0.2, 0) is 11.2 Å². The van der Waals surface area contributed by atoms with Gasteiger partial charge in [0.15, 0.2) is 0 Å². The molecule has 1 aromatic heterocycles. The molecular weight excluding hydrogens is 216 g/mol. The molecule has 1 amide bonds. The molecule has 4 N–H and O–H groups in total. The van der Waals surface area contributed by atoms with Gasteiger partial charge in [0.25, 0.3) is 0 Å². The number of benzene rings is 1. The summed E-state index contributed by atoms with van der Waals surface area (Å²) >= 11 is 0. The average Bonchev–Trinajstić information content (AvgIpc) is 2.83. The van der Waals surface area contributed by atoms with Crippen LogP contribution in [0.5, 0.6) is 0 Å². The number of carbonyl (C=O) groups excluding carboxylic acids is 1. The molecule has 1 atom stereocenters. The van der Waals surface area contributed by atoms with E-state index in [0.29, 0.717) is 12.4 Å². The highest BCUT2D eigenvalue weighted by Gasteiger charge is 2.14. The summed E-state index contributed by atoms with van der Waals surface area (Å²) in [6.07, 6.45) is 3.71. The van der Waals surface area contributed by atoms with Crippen molar-refractivity contribution < 1.29 is 4.79 Å². The fraction of sp³-hybridized carbons (Fsp3) is 0.167. The Morgan fingerprint density at radius 3 is 2.82 bits per heavy atom. The van der Waals surface area contributed by atoms with Crippen molar-refractivity contribution in [3.63, 3.8) is 0 Å². The summed E-state index contributed by atoms with van der Waals surface area (Å²) in [7, 11) is 0. The van der Waals surface area contributed by atoms with Crippen LogP contribution in [0.15, 0.2) is 42.7 Å². The van der Waals surface area contributed by atoms with Gasteiger partial charge in [0.05, 0.1) is 6.04 Å². The van der Waals surface area contributed by atoms with E-state index in [1.165, 1.54) is 0 Å². The average molecular weight is 230 g/mol. The molecule has 0 aliphatic heterocycles. The predicted octanol–water partition coefficient (Wildman–Crippen LogP) is 0.918. The molecule has 1 heterocycles. The molecule has 0 saturated heterocycles. The van der Waals surface area contributed by atoms with Crippen LogP contribution in [0, 0.1) is 0 Å². The first kappa shape index (κ1) is 11.3. The molecule has 0 bridgehead atoms. The monoisotopic (exact) mass is 230 g/mol. The van der Waals surface area contributed by atoms with Gasteiger partial charge in [-0.15, -0.1) is 0 Å². The lowest BCUT2D eigenvalue weighted by atomic mass is 10.1.